The molecule has 7 heavy (non-hydrogen) atoms. The molecule has 0 rings (SSSR count). The Morgan fingerprint density at radius 3 is 1.43 bits per heavy atom. The van der Waals surface area contributed by atoms with Crippen molar-refractivity contribution in [3.63, 3.8) is 0 Å². The standard InChI is InChI=1S/CCl4OS/c2-1(3,4)7(5)6/t7-/m1/s1. The molecule has 0 aliphatic rings. The van der Waals surface area contributed by atoms with E-state index in [1.807, 2.05) is 0 Å². The lowest BCUT2D eigenvalue weighted by molar-refractivity contribution is 0.691. The summed E-state index contributed by atoms with van der Waals surface area (Å²) >= 11 is 14.9. The number of rotatable bonds is 0. The SMILES string of the molecule is O=[S@@](Cl)C(Cl)(Cl)Cl. The van der Waals surface area contributed by atoms with Crippen molar-refractivity contribution in [2.75, 3.05) is 0 Å². The highest BCUT2D eigenvalue weighted by atomic mass is 35.7. The molecule has 0 unspecified atom stereocenters. The molecule has 0 spiro atoms. The molecule has 0 radical (unpaired) electrons. The summed E-state index contributed by atoms with van der Waals surface area (Å²) in [6, 6.07) is 0. The predicted molar refractivity (Wildman–Crippen MR) is 34.3 cm³/mol. The van der Waals surface area contributed by atoms with Gasteiger partial charge < -0.3 is 0 Å². The van der Waals surface area contributed by atoms with E-state index in [0.717, 1.165) is 0 Å². The van der Waals surface area contributed by atoms with E-state index in [1.165, 1.54) is 0 Å². The Bertz CT molecular complexity index is 84.2. The minimum absolute atomic E-state index is 1.85. The number of alkyl halides is 3. The van der Waals surface area contributed by atoms with Gasteiger partial charge in [-0.15, -0.1) is 0 Å². The molecule has 0 N–H and O–H groups in total. The van der Waals surface area contributed by atoms with Crippen molar-refractivity contribution < 1.29 is 4.21 Å². The molecule has 0 bridgehead atoms. The smallest absolute Gasteiger partial charge is 0.238 e. The first-order valence-electron chi connectivity index (χ1n) is 1.09. The van der Waals surface area contributed by atoms with Crippen LogP contribution in [-0.2, 0) is 10.0 Å². The summed E-state index contributed by atoms with van der Waals surface area (Å²) in [6.07, 6.45) is 0. The van der Waals surface area contributed by atoms with Crippen molar-refractivity contribution in [3.05, 3.63) is 0 Å². The van der Waals surface area contributed by atoms with E-state index >= 15 is 0 Å². The maximum atomic E-state index is 9.95. The van der Waals surface area contributed by atoms with Gasteiger partial charge in [0.2, 0.25) is 0 Å². The van der Waals surface area contributed by atoms with Crippen molar-refractivity contribution in [1.29, 1.82) is 0 Å². The van der Waals surface area contributed by atoms with Gasteiger partial charge in [0.15, 0.2) is 10.0 Å². The van der Waals surface area contributed by atoms with Crippen molar-refractivity contribution in [2.45, 2.75) is 3.12 Å². The molecule has 0 heterocycles. The fourth-order valence-electron chi connectivity index (χ4n) is 0. The topological polar surface area (TPSA) is 17.1 Å². The molecule has 0 aliphatic carbocycles. The Kier molecular flexibility index (Phi) is 3.25. The molecule has 0 aromatic heterocycles. The van der Waals surface area contributed by atoms with Crippen molar-refractivity contribution in [1.82, 2.24) is 0 Å². The van der Waals surface area contributed by atoms with Crippen LogP contribution in [0.15, 0.2) is 0 Å². The number of hydrogen-bond acceptors (Lipinski definition) is 1. The maximum absolute atomic E-state index is 9.95. The van der Waals surface area contributed by atoms with Gasteiger partial charge in [0.25, 0.3) is 3.12 Å². The Morgan fingerprint density at radius 1 is 1.29 bits per heavy atom. The summed E-state index contributed by atoms with van der Waals surface area (Å²) < 4.78 is 8.10. The summed E-state index contributed by atoms with van der Waals surface area (Å²) in [6.45, 7) is 0. The van der Waals surface area contributed by atoms with Gasteiger partial charge in [0.05, 0.1) is 0 Å². The van der Waals surface area contributed by atoms with E-state index in [1.54, 1.807) is 0 Å². The molecule has 0 amide bonds. The van der Waals surface area contributed by atoms with Gasteiger partial charge in [0.1, 0.15) is 0 Å². The molecule has 0 saturated carbocycles. The van der Waals surface area contributed by atoms with E-state index < -0.39 is 13.1 Å². The number of halogens is 4. The van der Waals surface area contributed by atoms with Gasteiger partial charge in [-0.25, -0.2) is 4.21 Å². The zero-order valence-electron chi connectivity index (χ0n) is 2.83. The van der Waals surface area contributed by atoms with E-state index in [2.05, 4.69) is 0 Å². The van der Waals surface area contributed by atoms with Crippen LogP contribution in [0, 0.1) is 0 Å². The Balaban J connectivity index is 3.79. The van der Waals surface area contributed by atoms with Gasteiger partial charge in [0, 0.05) is 0 Å². The normalized spacial score (nSPS) is 16.6. The molecule has 1 atom stereocenters. The molecule has 0 saturated heterocycles. The summed E-state index contributed by atoms with van der Waals surface area (Å²) in [5.41, 5.74) is 0. The summed E-state index contributed by atoms with van der Waals surface area (Å²) in [5, 5.41) is 0. The first kappa shape index (κ1) is 8.31. The van der Waals surface area contributed by atoms with Crippen LogP contribution < -0.4 is 0 Å². The highest BCUT2D eigenvalue weighted by molar-refractivity contribution is 8.12. The van der Waals surface area contributed by atoms with Gasteiger partial charge in [-0.3, -0.25) is 0 Å². The molecule has 0 aromatic carbocycles. The summed E-state index contributed by atoms with van der Waals surface area (Å²) in [7, 11) is 2.92. The van der Waals surface area contributed by atoms with Crippen molar-refractivity contribution >= 4 is 55.5 Å². The second kappa shape index (κ2) is 2.74. The molecule has 0 aliphatic heterocycles. The predicted octanol–water partition coefficient (Wildman–Crippen LogP) is 2.22. The van der Waals surface area contributed by atoms with Gasteiger partial charge in [-0.2, -0.15) is 0 Å². The lowest BCUT2D eigenvalue weighted by atomic mass is 11.8. The van der Waals surface area contributed by atoms with Crippen LogP contribution in [0.1, 0.15) is 0 Å². The molecule has 6 heteroatoms. The summed E-state index contributed by atoms with van der Waals surface area (Å²) in [4.78, 5) is 0. The van der Waals surface area contributed by atoms with E-state index in [4.69, 9.17) is 45.5 Å². The van der Waals surface area contributed by atoms with E-state index in [-0.39, 0.29) is 0 Å². The highest BCUT2D eigenvalue weighted by Crippen LogP contribution is 2.31. The Hall–Kier alpha value is 1.31. The van der Waals surface area contributed by atoms with Crippen molar-refractivity contribution in [3.8, 4) is 0 Å². The minimum Gasteiger partial charge on any atom is -0.238 e. The second-order valence-corrected chi connectivity index (χ2v) is 5.52. The van der Waals surface area contributed by atoms with Crippen LogP contribution in [0.4, 0.5) is 0 Å². The monoisotopic (exact) mass is 200 g/mol. The summed E-state index contributed by atoms with van der Waals surface area (Å²) in [5.74, 6) is 0. The lowest BCUT2D eigenvalue weighted by Crippen LogP contribution is -2.03. The second-order valence-electron chi connectivity index (χ2n) is 0.669. The highest BCUT2D eigenvalue weighted by Gasteiger charge is 2.26. The third kappa shape index (κ3) is 3.86. The molecule has 0 fully saturated rings. The van der Waals surface area contributed by atoms with Crippen LogP contribution in [0.5, 0.6) is 0 Å². The van der Waals surface area contributed by atoms with Gasteiger partial charge in [-0.05, 0) is 10.7 Å². The zero-order valence-corrected chi connectivity index (χ0v) is 6.67. The fourth-order valence-corrected chi connectivity index (χ4v) is 0. The van der Waals surface area contributed by atoms with Gasteiger partial charge >= 0.3 is 0 Å². The largest absolute Gasteiger partial charge is 0.280 e. The molecule has 0 aromatic rings. The molecule has 1 nitrogen and oxygen atoms in total. The van der Waals surface area contributed by atoms with E-state index in [0.29, 0.717) is 0 Å². The van der Waals surface area contributed by atoms with Crippen LogP contribution in [0.3, 0.4) is 0 Å². The minimum atomic E-state index is -1.91. The molecular formula is CCl4OS. The first-order valence-corrected chi connectivity index (χ1v) is 4.20. The van der Waals surface area contributed by atoms with Crippen LogP contribution in [0.25, 0.3) is 0 Å². The van der Waals surface area contributed by atoms with E-state index in [9.17, 15) is 4.21 Å². The molecule has 44 valence electrons. The Morgan fingerprint density at radius 2 is 1.43 bits per heavy atom. The molecular weight excluding hydrogens is 202 g/mol. The average Bonchev–Trinajstić information content (AvgIpc) is 1.31. The lowest BCUT2D eigenvalue weighted by Gasteiger charge is -2.00. The number of hydrogen-bond donors (Lipinski definition) is 0. The third-order valence-corrected chi connectivity index (χ3v) is 3.21. The van der Waals surface area contributed by atoms with Crippen molar-refractivity contribution in [2.24, 2.45) is 0 Å². The quantitative estimate of drug-likeness (QED) is 0.434. The van der Waals surface area contributed by atoms with Crippen LogP contribution >= 0.6 is 45.5 Å². The Labute approximate surface area is 62.8 Å². The average molecular weight is 202 g/mol. The van der Waals surface area contributed by atoms with Gasteiger partial charge in [-0.1, -0.05) is 34.8 Å². The van der Waals surface area contributed by atoms with Crippen LogP contribution in [-0.4, -0.2) is 7.33 Å². The maximum Gasteiger partial charge on any atom is 0.280 e. The first-order chi connectivity index (χ1) is 2.94. The van der Waals surface area contributed by atoms with Crippen LogP contribution in [0.2, 0.25) is 0 Å². The third-order valence-electron chi connectivity index (χ3n) is 0.182. The fraction of sp³-hybridized carbons (Fsp3) is 1.00. The zero-order chi connectivity index (χ0) is 6.08.